The van der Waals surface area contributed by atoms with Crippen LogP contribution in [0.25, 0.3) is 0 Å². The second-order valence-corrected chi connectivity index (χ2v) is 7.00. The third-order valence-corrected chi connectivity index (χ3v) is 4.97. The van der Waals surface area contributed by atoms with E-state index in [0.717, 1.165) is 31.7 Å². The quantitative estimate of drug-likeness (QED) is 0.808. The predicted octanol–water partition coefficient (Wildman–Crippen LogP) is 4.49. The molecule has 0 spiro atoms. The average Bonchev–Trinajstić information content (AvgIpc) is 2.58. The van der Waals surface area contributed by atoms with Crippen LogP contribution in [-0.2, 0) is 4.79 Å². The van der Waals surface area contributed by atoms with Gasteiger partial charge in [-0.15, -0.1) is 0 Å². The van der Waals surface area contributed by atoms with Crippen molar-refractivity contribution in [1.29, 1.82) is 0 Å². The lowest BCUT2D eigenvalue weighted by Crippen LogP contribution is -2.38. The first kappa shape index (κ1) is 17.2. The number of hydrogen-bond acceptors (Lipinski definition) is 3. The maximum Gasteiger partial charge on any atom is 0.227 e. The highest BCUT2D eigenvalue weighted by Gasteiger charge is 2.26. The van der Waals surface area contributed by atoms with Crippen LogP contribution in [0.15, 0.2) is 41.0 Å². The second kappa shape index (κ2) is 7.49. The number of benzene rings is 1. The molecule has 7 heteroatoms. The Morgan fingerprint density at radius 3 is 2.67 bits per heavy atom. The minimum atomic E-state index is -0.344. The van der Waals surface area contributed by atoms with Crippen molar-refractivity contribution >= 4 is 44.9 Å². The van der Waals surface area contributed by atoms with Gasteiger partial charge in [-0.1, -0.05) is 11.6 Å². The van der Waals surface area contributed by atoms with Crippen LogP contribution in [0.3, 0.4) is 0 Å². The van der Waals surface area contributed by atoms with E-state index in [1.54, 1.807) is 12.3 Å². The molecule has 2 heterocycles. The summed E-state index contributed by atoms with van der Waals surface area (Å²) in [6.07, 6.45) is 3.12. The van der Waals surface area contributed by atoms with Crippen molar-refractivity contribution in [2.24, 2.45) is 5.92 Å². The van der Waals surface area contributed by atoms with Crippen LogP contribution in [0.2, 0.25) is 5.02 Å². The minimum Gasteiger partial charge on any atom is -0.357 e. The smallest absolute Gasteiger partial charge is 0.227 e. The summed E-state index contributed by atoms with van der Waals surface area (Å²) in [6, 6.07) is 7.93. The number of piperidine rings is 1. The Hall–Kier alpha value is -1.66. The van der Waals surface area contributed by atoms with Crippen molar-refractivity contribution in [3.8, 4) is 0 Å². The maximum absolute atomic E-state index is 13.1. The van der Waals surface area contributed by atoms with Gasteiger partial charge in [0.1, 0.15) is 11.6 Å². The molecule has 1 amide bonds. The third kappa shape index (κ3) is 4.05. The number of carbonyl (C=O) groups is 1. The predicted molar refractivity (Wildman–Crippen MR) is 96.9 cm³/mol. The van der Waals surface area contributed by atoms with E-state index in [-0.39, 0.29) is 17.6 Å². The molecule has 1 saturated heterocycles. The normalized spacial score (nSPS) is 15.4. The van der Waals surface area contributed by atoms with Crippen molar-refractivity contribution in [1.82, 2.24) is 4.98 Å². The molecule has 1 aliphatic rings. The Labute approximate surface area is 153 Å². The van der Waals surface area contributed by atoms with Gasteiger partial charge < -0.3 is 10.2 Å². The number of nitrogens with one attached hydrogen (secondary N) is 1. The third-order valence-electron chi connectivity index (χ3n) is 4.09. The molecule has 0 aliphatic carbocycles. The molecular formula is C17H16BrClFN3O. The summed E-state index contributed by atoms with van der Waals surface area (Å²) in [6.45, 7) is 1.52. The summed E-state index contributed by atoms with van der Waals surface area (Å²) in [5.41, 5.74) is 0.586. The highest BCUT2D eigenvalue weighted by atomic mass is 79.9. The van der Waals surface area contributed by atoms with Crippen molar-refractivity contribution < 1.29 is 9.18 Å². The van der Waals surface area contributed by atoms with Gasteiger partial charge in [0.15, 0.2) is 0 Å². The molecule has 0 radical (unpaired) electrons. The molecule has 1 N–H and O–H groups in total. The fraction of sp³-hybridized carbons (Fsp3) is 0.294. The molecular weight excluding hydrogens is 397 g/mol. The zero-order chi connectivity index (χ0) is 17.1. The van der Waals surface area contributed by atoms with E-state index in [0.29, 0.717) is 15.2 Å². The van der Waals surface area contributed by atoms with Crippen molar-refractivity contribution in [2.45, 2.75) is 12.8 Å². The summed E-state index contributed by atoms with van der Waals surface area (Å²) in [7, 11) is 0. The molecule has 0 atom stereocenters. The van der Waals surface area contributed by atoms with E-state index < -0.39 is 0 Å². The zero-order valence-electron chi connectivity index (χ0n) is 12.8. The van der Waals surface area contributed by atoms with Gasteiger partial charge in [-0.25, -0.2) is 9.37 Å². The van der Waals surface area contributed by atoms with Gasteiger partial charge in [-0.05, 0) is 59.1 Å². The first-order chi connectivity index (χ1) is 11.5. The topological polar surface area (TPSA) is 45.2 Å². The van der Waals surface area contributed by atoms with Gasteiger partial charge in [-0.3, -0.25) is 4.79 Å². The van der Waals surface area contributed by atoms with Gasteiger partial charge in [0.05, 0.1) is 10.7 Å². The number of carbonyl (C=O) groups excluding carboxylic acids is 1. The van der Waals surface area contributed by atoms with Gasteiger partial charge in [0.2, 0.25) is 5.91 Å². The number of pyridine rings is 1. The fourth-order valence-corrected chi connectivity index (χ4v) is 3.31. The lowest BCUT2D eigenvalue weighted by Gasteiger charge is -2.32. The molecule has 0 unspecified atom stereocenters. The van der Waals surface area contributed by atoms with Crippen LogP contribution >= 0.6 is 27.5 Å². The molecule has 0 saturated carbocycles. The van der Waals surface area contributed by atoms with Crippen LogP contribution in [0, 0.1) is 11.7 Å². The molecule has 4 nitrogen and oxygen atoms in total. The standard InChI is InChI=1S/C17H16BrClFN3O/c18-14-9-13(20)2-3-15(14)22-17(24)11-5-7-23(8-6-11)16-4-1-12(19)10-21-16/h1-4,9-11H,5-8H2,(H,22,24). The Bertz CT molecular complexity index is 733. The fourth-order valence-electron chi connectivity index (χ4n) is 2.75. The summed E-state index contributed by atoms with van der Waals surface area (Å²) in [5, 5.41) is 3.47. The van der Waals surface area contributed by atoms with Crippen LogP contribution < -0.4 is 10.2 Å². The van der Waals surface area contributed by atoms with E-state index in [9.17, 15) is 9.18 Å². The molecule has 3 rings (SSSR count). The molecule has 2 aromatic rings. The molecule has 24 heavy (non-hydrogen) atoms. The van der Waals surface area contributed by atoms with E-state index >= 15 is 0 Å². The van der Waals surface area contributed by atoms with Crippen molar-refractivity contribution in [3.63, 3.8) is 0 Å². The summed E-state index contributed by atoms with van der Waals surface area (Å²) in [5.74, 6) is 0.430. The number of hydrogen-bond donors (Lipinski definition) is 1. The number of nitrogens with zero attached hydrogens (tertiary/aromatic N) is 2. The lowest BCUT2D eigenvalue weighted by atomic mass is 9.96. The maximum atomic E-state index is 13.1. The number of amides is 1. The van der Waals surface area contributed by atoms with Crippen molar-refractivity contribution in [2.75, 3.05) is 23.3 Å². The second-order valence-electron chi connectivity index (χ2n) is 5.71. The van der Waals surface area contributed by atoms with Gasteiger partial charge >= 0.3 is 0 Å². The molecule has 1 aliphatic heterocycles. The van der Waals surface area contributed by atoms with Crippen LogP contribution in [0.1, 0.15) is 12.8 Å². The molecule has 1 fully saturated rings. The van der Waals surface area contributed by atoms with E-state index in [1.165, 1.54) is 12.1 Å². The Kier molecular flexibility index (Phi) is 5.36. The molecule has 126 valence electrons. The molecule has 1 aromatic heterocycles. The minimum absolute atomic E-state index is 0.0361. The SMILES string of the molecule is O=C(Nc1ccc(F)cc1Br)C1CCN(c2ccc(Cl)cn2)CC1. The zero-order valence-corrected chi connectivity index (χ0v) is 15.1. The highest BCUT2D eigenvalue weighted by molar-refractivity contribution is 9.10. The monoisotopic (exact) mass is 411 g/mol. The van der Waals surface area contributed by atoms with Crippen LogP contribution in [-0.4, -0.2) is 24.0 Å². The van der Waals surface area contributed by atoms with Gasteiger partial charge in [0.25, 0.3) is 0 Å². The van der Waals surface area contributed by atoms with E-state index in [1.807, 2.05) is 12.1 Å². The van der Waals surface area contributed by atoms with Crippen LogP contribution in [0.4, 0.5) is 15.9 Å². The summed E-state index contributed by atoms with van der Waals surface area (Å²) < 4.78 is 13.6. The largest absolute Gasteiger partial charge is 0.357 e. The van der Waals surface area contributed by atoms with E-state index in [2.05, 4.69) is 31.1 Å². The summed E-state index contributed by atoms with van der Waals surface area (Å²) in [4.78, 5) is 18.9. The Morgan fingerprint density at radius 1 is 1.29 bits per heavy atom. The number of anilines is 2. The first-order valence-electron chi connectivity index (χ1n) is 7.65. The number of aromatic nitrogens is 1. The molecule has 1 aromatic carbocycles. The first-order valence-corrected chi connectivity index (χ1v) is 8.82. The lowest BCUT2D eigenvalue weighted by molar-refractivity contribution is -0.120. The molecule has 0 bridgehead atoms. The van der Waals surface area contributed by atoms with E-state index in [4.69, 9.17) is 11.6 Å². The van der Waals surface area contributed by atoms with Crippen LogP contribution in [0.5, 0.6) is 0 Å². The van der Waals surface area contributed by atoms with Crippen molar-refractivity contribution in [3.05, 3.63) is 51.8 Å². The average molecular weight is 413 g/mol. The Balaban J connectivity index is 1.58. The van der Waals surface area contributed by atoms with Gasteiger partial charge in [0, 0.05) is 29.7 Å². The number of rotatable bonds is 3. The number of halogens is 3. The highest BCUT2D eigenvalue weighted by Crippen LogP contribution is 2.27. The Morgan fingerprint density at radius 2 is 2.04 bits per heavy atom. The van der Waals surface area contributed by atoms with Gasteiger partial charge in [-0.2, -0.15) is 0 Å². The summed E-state index contributed by atoms with van der Waals surface area (Å²) >= 11 is 9.12.